The van der Waals surface area contributed by atoms with Crippen LogP contribution in [0.5, 0.6) is 0 Å². The normalized spacial score (nSPS) is 11.3. The van der Waals surface area contributed by atoms with E-state index in [2.05, 4.69) is 25.5 Å². The number of carbonyl (C=O) groups is 1. The molecule has 1 amide bonds. The van der Waals surface area contributed by atoms with Crippen molar-refractivity contribution in [1.29, 1.82) is 0 Å². The van der Waals surface area contributed by atoms with E-state index in [0.29, 0.717) is 22.6 Å². The van der Waals surface area contributed by atoms with E-state index in [1.165, 1.54) is 17.5 Å². The summed E-state index contributed by atoms with van der Waals surface area (Å²) in [6.07, 6.45) is 3.43. The number of rotatable bonds is 3. The molecule has 30 heavy (non-hydrogen) atoms. The topological polar surface area (TPSA) is 110 Å². The van der Waals surface area contributed by atoms with E-state index in [4.69, 9.17) is 0 Å². The molecule has 9 nitrogen and oxygen atoms in total. The first kappa shape index (κ1) is 17.8. The number of pyridine rings is 1. The highest BCUT2D eigenvalue weighted by molar-refractivity contribution is 5.96. The van der Waals surface area contributed by atoms with Gasteiger partial charge in [-0.1, -0.05) is 12.1 Å². The summed E-state index contributed by atoms with van der Waals surface area (Å²) in [5.41, 5.74) is 3.73. The second-order valence-electron chi connectivity index (χ2n) is 6.94. The lowest BCUT2D eigenvalue weighted by Gasteiger charge is -2.06. The van der Waals surface area contributed by atoms with Gasteiger partial charge in [0.1, 0.15) is 5.65 Å². The number of fused-ring (bicyclic) bond motifs is 2. The van der Waals surface area contributed by atoms with Crippen LogP contribution in [0.1, 0.15) is 6.92 Å². The van der Waals surface area contributed by atoms with Crippen molar-refractivity contribution in [1.82, 2.24) is 29.4 Å². The molecule has 4 heterocycles. The summed E-state index contributed by atoms with van der Waals surface area (Å²) in [6, 6.07) is 12.8. The lowest BCUT2D eigenvalue weighted by Crippen LogP contribution is -2.15. The van der Waals surface area contributed by atoms with Crippen molar-refractivity contribution in [2.24, 2.45) is 7.05 Å². The summed E-state index contributed by atoms with van der Waals surface area (Å²) in [6.45, 7) is 1.39. The zero-order chi connectivity index (χ0) is 20.8. The molecule has 4 aromatic heterocycles. The summed E-state index contributed by atoms with van der Waals surface area (Å²) in [5, 5.41) is 12.2. The largest absolute Gasteiger partial charge is 0.339 e. The molecule has 0 saturated heterocycles. The Labute approximate surface area is 170 Å². The van der Waals surface area contributed by atoms with Gasteiger partial charge in [-0.15, -0.1) is 5.10 Å². The van der Waals surface area contributed by atoms with Gasteiger partial charge < -0.3 is 10.3 Å². The standard InChI is InChI=1S/C21H17N7O2/c1-12(29)24-20-19(15-5-3-4-8-22-15)21-25-16(10-18(30)28(21)26-20)13-6-7-17-14(9-13)11-23-27(17)2/h3-11,25H,1-2H3,(H,24,26,29). The van der Waals surface area contributed by atoms with E-state index in [1.54, 1.807) is 29.2 Å². The molecule has 1 aromatic carbocycles. The van der Waals surface area contributed by atoms with Crippen LogP contribution < -0.4 is 10.9 Å². The highest BCUT2D eigenvalue weighted by Gasteiger charge is 2.20. The first-order valence-corrected chi connectivity index (χ1v) is 9.28. The van der Waals surface area contributed by atoms with Crippen molar-refractivity contribution in [3.05, 3.63) is 65.2 Å². The van der Waals surface area contributed by atoms with Crippen molar-refractivity contribution < 1.29 is 4.79 Å². The minimum Gasteiger partial charge on any atom is -0.339 e. The Hall–Kier alpha value is -4.27. The summed E-state index contributed by atoms with van der Waals surface area (Å²) in [5.74, 6) is -0.0142. The van der Waals surface area contributed by atoms with Crippen LogP contribution in [-0.4, -0.2) is 35.3 Å². The fourth-order valence-electron chi connectivity index (χ4n) is 3.54. The van der Waals surface area contributed by atoms with Crippen molar-refractivity contribution >= 4 is 28.3 Å². The minimum atomic E-state index is -0.321. The Morgan fingerprint density at radius 3 is 2.80 bits per heavy atom. The van der Waals surface area contributed by atoms with Crippen LogP contribution in [0.25, 0.3) is 39.1 Å². The number of anilines is 1. The van der Waals surface area contributed by atoms with Crippen LogP contribution in [-0.2, 0) is 11.8 Å². The molecule has 0 atom stereocenters. The molecule has 2 N–H and O–H groups in total. The molecule has 0 saturated carbocycles. The minimum absolute atomic E-state index is 0.273. The van der Waals surface area contributed by atoms with Crippen molar-refractivity contribution in [3.63, 3.8) is 0 Å². The van der Waals surface area contributed by atoms with Crippen LogP contribution in [0.3, 0.4) is 0 Å². The van der Waals surface area contributed by atoms with Crippen molar-refractivity contribution in [3.8, 4) is 22.5 Å². The molecule has 0 radical (unpaired) electrons. The second kappa shape index (κ2) is 6.66. The number of aromatic nitrogens is 6. The lowest BCUT2D eigenvalue weighted by molar-refractivity contribution is -0.114. The van der Waals surface area contributed by atoms with Gasteiger partial charge in [-0.2, -0.15) is 9.61 Å². The van der Waals surface area contributed by atoms with Gasteiger partial charge in [0.25, 0.3) is 5.56 Å². The lowest BCUT2D eigenvalue weighted by atomic mass is 10.1. The number of hydrogen-bond acceptors (Lipinski definition) is 5. The molecule has 5 rings (SSSR count). The van der Waals surface area contributed by atoms with Crippen LogP contribution >= 0.6 is 0 Å². The van der Waals surface area contributed by atoms with Crippen LogP contribution in [0.4, 0.5) is 5.82 Å². The summed E-state index contributed by atoms with van der Waals surface area (Å²) in [4.78, 5) is 32.2. The van der Waals surface area contributed by atoms with E-state index >= 15 is 0 Å². The molecule has 0 aliphatic heterocycles. The molecule has 9 heteroatoms. The van der Waals surface area contributed by atoms with Gasteiger partial charge in [0.2, 0.25) is 5.91 Å². The average molecular weight is 399 g/mol. The zero-order valence-corrected chi connectivity index (χ0v) is 16.2. The number of hydrogen-bond donors (Lipinski definition) is 2. The van der Waals surface area contributed by atoms with E-state index < -0.39 is 0 Å². The fourth-order valence-corrected chi connectivity index (χ4v) is 3.54. The van der Waals surface area contributed by atoms with Crippen molar-refractivity contribution in [2.45, 2.75) is 6.92 Å². The molecule has 0 spiro atoms. The Morgan fingerprint density at radius 2 is 2.03 bits per heavy atom. The Balaban J connectivity index is 1.77. The van der Waals surface area contributed by atoms with Crippen LogP contribution in [0, 0.1) is 0 Å². The van der Waals surface area contributed by atoms with Crippen LogP contribution in [0.2, 0.25) is 0 Å². The molecule has 5 aromatic rings. The molecule has 148 valence electrons. The van der Waals surface area contributed by atoms with Gasteiger partial charge >= 0.3 is 0 Å². The van der Waals surface area contributed by atoms with Gasteiger partial charge in [0.15, 0.2) is 5.82 Å². The van der Waals surface area contributed by atoms with E-state index in [1.807, 2.05) is 31.3 Å². The third-order valence-corrected chi connectivity index (χ3v) is 4.89. The first-order valence-electron chi connectivity index (χ1n) is 9.28. The van der Waals surface area contributed by atoms with Gasteiger partial charge in [0.05, 0.1) is 28.7 Å². The zero-order valence-electron chi connectivity index (χ0n) is 16.2. The number of aromatic amines is 1. The third kappa shape index (κ3) is 2.84. The number of nitrogens with zero attached hydrogens (tertiary/aromatic N) is 5. The molecular formula is C21H17N7O2. The SMILES string of the molecule is CC(=O)Nc1nn2c(=O)cc(-c3ccc4c(cnn4C)c3)[nH]c2c1-c1ccccn1. The Morgan fingerprint density at radius 1 is 1.17 bits per heavy atom. The van der Waals surface area contributed by atoms with Gasteiger partial charge in [0, 0.05) is 31.6 Å². The summed E-state index contributed by atoms with van der Waals surface area (Å²) < 4.78 is 3.03. The first-order chi connectivity index (χ1) is 14.5. The maximum Gasteiger partial charge on any atom is 0.274 e. The number of amides is 1. The molecule has 0 aliphatic carbocycles. The summed E-state index contributed by atoms with van der Waals surface area (Å²) >= 11 is 0. The summed E-state index contributed by atoms with van der Waals surface area (Å²) in [7, 11) is 1.88. The Bertz CT molecular complexity index is 1480. The van der Waals surface area contributed by atoms with Gasteiger partial charge in [-0.25, -0.2) is 0 Å². The third-order valence-electron chi connectivity index (χ3n) is 4.89. The fraction of sp³-hybridized carbons (Fsp3) is 0.0952. The molecular weight excluding hydrogens is 382 g/mol. The molecule has 0 aliphatic rings. The van der Waals surface area contributed by atoms with E-state index in [0.717, 1.165) is 16.5 Å². The van der Waals surface area contributed by atoms with Crippen LogP contribution in [0.15, 0.2) is 59.7 Å². The maximum absolute atomic E-state index is 12.9. The quantitative estimate of drug-likeness (QED) is 0.485. The number of nitrogens with one attached hydrogen (secondary N) is 2. The molecule has 0 bridgehead atoms. The second-order valence-corrected chi connectivity index (χ2v) is 6.94. The van der Waals surface area contributed by atoms with Gasteiger partial charge in [-0.05, 0) is 29.8 Å². The van der Waals surface area contributed by atoms with Gasteiger partial charge in [-0.3, -0.25) is 19.3 Å². The monoisotopic (exact) mass is 399 g/mol. The Kier molecular flexibility index (Phi) is 3.95. The predicted molar refractivity (Wildman–Crippen MR) is 113 cm³/mol. The number of aryl methyl sites for hydroxylation is 1. The predicted octanol–water partition coefficient (Wildman–Crippen LogP) is 2.60. The average Bonchev–Trinajstić information content (AvgIpc) is 3.28. The number of H-pyrrole nitrogens is 1. The smallest absolute Gasteiger partial charge is 0.274 e. The molecule has 0 unspecified atom stereocenters. The highest BCUT2D eigenvalue weighted by atomic mass is 16.1. The van der Waals surface area contributed by atoms with E-state index in [-0.39, 0.29) is 17.3 Å². The van der Waals surface area contributed by atoms with E-state index in [9.17, 15) is 9.59 Å². The highest BCUT2D eigenvalue weighted by Crippen LogP contribution is 2.30. The number of carbonyl (C=O) groups excluding carboxylic acids is 1. The maximum atomic E-state index is 12.9. The molecule has 0 fully saturated rings. The number of benzene rings is 1. The van der Waals surface area contributed by atoms with Crippen molar-refractivity contribution in [2.75, 3.05) is 5.32 Å².